The van der Waals surface area contributed by atoms with Gasteiger partial charge in [0.05, 0.1) is 12.6 Å². The molecule has 2 N–H and O–H groups in total. The monoisotopic (exact) mass is 361 g/mol. The van der Waals surface area contributed by atoms with Gasteiger partial charge < -0.3 is 10.6 Å². The van der Waals surface area contributed by atoms with Crippen LogP contribution < -0.4 is 5.73 Å². The maximum absolute atomic E-state index is 13.7. The maximum atomic E-state index is 13.7. The van der Waals surface area contributed by atoms with E-state index in [2.05, 4.69) is 0 Å². The third kappa shape index (κ3) is 4.61. The molecule has 1 aromatic rings. The molecule has 2 aliphatic heterocycles. The van der Waals surface area contributed by atoms with Crippen molar-refractivity contribution in [1.82, 2.24) is 9.80 Å². The Bertz CT molecular complexity index is 644. The number of nitrogens with two attached hydrogens (primary N) is 1. The van der Waals surface area contributed by atoms with Crippen LogP contribution in [0.1, 0.15) is 50.1 Å². The zero-order valence-electron chi connectivity index (χ0n) is 15.2. The Labute approximate surface area is 154 Å². The number of halogens is 1. The molecule has 0 saturated carbocycles. The lowest BCUT2D eigenvalue weighted by Crippen LogP contribution is -2.45. The number of primary amides is 1. The van der Waals surface area contributed by atoms with Crippen molar-refractivity contribution in [3.63, 3.8) is 0 Å². The Balaban J connectivity index is 1.70. The van der Waals surface area contributed by atoms with Crippen molar-refractivity contribution in [1.29, 1.82) is 0 Å². The Morgan fingerprint density at radius 2 is 1.85 bits per heavy atom. The standard InChI is InChI=1S/C20H28FN3O2/c21-17-6-4-5-16(13-17)18-7-2-1-3-10-24(18)20(26)15-8-11-23(12-9-15)14-19(22)25/h4-6,13,15,18H,1-3,7-12,14H2,(H2,22,25)/t18-/m0/s1. The van der Waals surface area contributed by atoms with Crippen molar-refractivity contribution >= 4 is 11.8 Å². The molecule has 2 amide bonds. The lowest BCUT2D eigenvalue weighted by molar-refractivity contribution is -0.139. The summed E-state index contributed by atoms with van der Waals surface area (Å²) in [6.07, 6.45) is 5.54. The molecule has 0 spiro atoms. The van der Waals surface area contributed by atoms with Gasteiger partial charge in [-0.25, -0.2) is 4.39 Å². The molecule has 6 heteroatoms. The number of carbonyl (C=O) groups excluding carboxylic acids is 2. The highest BCUT2D eigenvalue weighted by molar-refractivity contribution is 5.80. The number of piperidine rings is 1. The van der Waals surface area contributed by atoms with E-state index in [1.807, 2.05) is 15.9 Å². The van der Waals surface area contributed by atoms with E-state index in [9.17, 15) is 14.0 Å². The highest BCUT2D eigenvalue weighted by Crippen LogP contribution is 2.33. The minimum absolute atomic E-state index is 0.0201. The first kappa shape index (κ1) is 18.8. The van der Waals surface area contributed by atoms with Crippen LogP contribution in [-0.4, -0.2) is 47.8 Å². The molecule has 2 fully saturated rings. The van der Waals surface area contributed by atoms with Crippen LogP contribution in [0.3, 0.4) is 0 Å². The molecule has 2 aliphatic rings. The third-order valence-corrected chi connectivity index (χ3v) is 5.59. The summed E-state index contributed by atoms with van der Waals surface area (Å²) in [5.74, 6) is -0.416. The van der Waals surface area contributed by atoms with Crippen LogP contribution in [0.4, 0.5) is 4.39 Å². The molecule has 1 atom stereocenters. The number of amides is 2. The largest absolute Gasteiger partial charge is 0.369 e. The van der Waals surface area contributed by atoms with E-state index in [4.69, 9.17) is 5.73 Å². The lowest BCUT2D eigenvalue weighted by Gasteiger charge is -2.37. The fraction of sp³-hybridized carbons (Fsp3) is 0.600. The van der Waals surface area contributed by atoms with Crippen molar-refractivity contribution in [2.75, 3.05) is 26.2 Å². The van der Waals surface area contributed by atoms with Gasteiger partial charge in [-0.05, 0) is 56.5 Å². The molecule has 3 rings (SSSR count). The first-order chi connectivity index (χ1) is 12.5. The first-order valence-corrected chi connectivity index (χ1v) is 9.61. The van der Waals surface area contributed by atoms with Crippen molar-refractivity contribution < 1.29 is 14.0 Å². The van der Waals surface area contributed by atoms with Crippen LogP contribution in [0.5, 0.6) is 0 Å². The SMILES string of the molecule is NC(=O)CN1CCC(C(=O)N2CCCCC[C@H]2c2cccc(F)c2)CC1. The highest BCUT2D eigenvalue weighted by Gasteiger charge is 2.33. The molecule has 2 heterocycles. The maximum Gasteiger partial charge on any atom is 0.231 e. The number of nitrogens with zero attached hydrogens (tertiary/aromatic N) is 2. The summed E-state index contributed by atoms with van der Waals surface area (Å²) in [5.41, 5.74) is 6.16. The first-order valence-electron chi connectivity index (χ1n) is 9.61. The van der Waals surface area contributed by atoms with Gasteiger partial charge in [-0.15, -0.1) is 0 Å². The van der Waals surface area contributed by atoms with E-state index in [0.29, 0.717) is 0 Å². The topological polar surface area (TPSA) is 66.6 Å². The van der Waals surface area contributed by atoms with Crippen LogP contribution in [0.25, 0.3) is 0 Å². The van der Waals surface area contributed by atoms with Gasteiger partial charge in [0.15, 0.2) is 0 Å². The summed E-state index contributed by atoms with van der Waals surface area (Å²) in [6.45, 7) is 2.44. The Hall–Kier alpha value is -1.95. The smallest absolute Gasteiger partial charge is 0.231 e. The van der Waals surface area contributed by atoms with E-state index in [-0.39, 0.29) is 36.1 Å². The van der Waals surface area contributed by atoms with Crippen LogP contribution in [0, 0.1) is 11.7 Å². The van der Waals surface area contributed by atoms with Crippen LogP contribution >= 0.6 is 0 Å². The average Bonchev–Trinajstić information content (AvgIpc) is 2.87. The normalized spacial score (nSPS) is 22.8. The van der Waals surface area contributed by atoms with E-state index >= 15 is 0 Å². The van der Waals surface area contributed by atoms with Crippen molar-refractivity contribution in [2.24, 2.45) is 11.7 Å². The molecule has 26 heavy (non-hydrogen) atoms. The summed E-state index contributed by atoms with van der Waals surface area (Å²) >= 11 is 0. The Kier molecular flexibility index (Phi) is 6.25. The molecule has 5 nitrogen and oxygen atoms in total. The molecule has 0 radical (unpaired) electrons. The number of benzene rings is 1. The van der Waals surface area contributed by atoms with Gasteiger partial charge in [0, 0.05) is 12.5 Å². The summed E-state index contributed by atoms with van der Waals surface area (Å²) in [6, 6.07) is 6.62. The number of hydrogen-bond acceptors (Lipinski definition) is 3. The van der Waals surface area contributed by atoms with Crippen LogP contribution in [-0.2, 0) is 9.59 Å². The number of likely N-dealkylation sites (tertiary alicyclic amines) is 2. The van der Waals surface area contributed by atoms with Gasteiger partial charge in [0.25, 0.3) is 0 Å². The molecule has 0 aliphatic carbocycles. The molecule has 1 aromatic carbocycles. The zero-order chi connectivity index (χ0) is 18.5. The second kappa shape index (κ2) is 8.62. The fourth-order valence-corrected chi connectivity index (χ4v) is 4.23. The van der Waals surface area contributed by atoms with Gasteiger partial charge in [0.2, 0.25) is 11.8 Å². The number of carbonyl (C=O) groups is 2. The summed E-state index contributed by atoms with van der Waals surface area (Å²) < 4.78 is 13.7. The minimum Gasteiger partial charge on any atom is -0.369 e. The summed E-state index contributed by atoms with van der Waals surface area (Å²) in [5, 5.41) is 0. The predicted molar refractivity (Wildman–Crippen MR) is 97.7 cm³/mol. The highest BCUT2D eigenvalue weighted by atomic mass is 19.1. The Morgan fingerprint density at radius 3 is 2.54 bits per heavy atom. The number of rotatable bonds is 4. The molecule has 0 unspecified atom stereocenters. The van der Waals surface area contributed by atoms with Crippen LogP contribution in [0.15, 0.2) is 24.3 Å². The quantitative estimate of drug-likeness (QED) is 0.896. The van der Waals surface area contributed by atoms with Gasteiger partial charge in [0.1, 0.15) is 5.82 Å². The van der Waals surface area contributed by atoms with E-state index < -0.39 is 0 Å². The molecule has 0 aromatic heterocycles. The molecular weight excluding hydrogens is 333 g/mol. The number of hydrogen-bond donors (Lipinski definition) is 1. The van der Waals surface area contributed by atoms with E-state index in [1.165, 1.54) is 6.07 Å². The summed E-state index contributed by atoms with van der Waals surface area (Å²) in [7, 11) is 0. The van der Waals surface area contributed by atoms with Gasteiger partial charge in [-0.1, -0.05) is 25.0 Å². The van der Waals surface area contributed by atoms with Crippen molar-refractivity contribution in [2.45, 2.75) is 44.6 Å². The van der Waals surface area contributed by atoms with Crippen LogP contribution in [0.2, 0.25) is 0 Å². The second-order valence-electron chi connectivity index (χ2n) is 7.47. The predicted octanol–water partition coefficient (Wildman–Crippen LogP) is 2.47. The molecular formula is C20H28FN3O2. The van der Waals surface area contributed by atoms with Crippen molar-refractivity contribution in [3.05, 3.63) is 35.6 Å². The molecule has 0 bridgehead atoms. The summed E-state index contributed by atoms with van der Waals surface area (Å²) in [4.78, 5) is 28.3. The zero-order valence-corrected chi connectivity index (χ0v) is 15.2. The van der Waals surface area contributed by atoms with Crippen molar-refractivity contribution in [3.8, 4) is 0 Å². The van der Waals surface area contributed by atoms with Gasteiger partial charge >= 0.3 is 0 Å². The Morgan fingerprint density at radius 1 is 1.08 bits per heavy atom. The van der Waals surface area contributed by atoms with E-state index in [0.717, 1.165) is 63.7 Å². The molecule has 142 valence electrons. The average molecular weight is 361 g/mol. The van der Waals surface area contributed by atoms with Gasteiger partial charge in [-0.3, -0.25) is 14.5 Å². The minimum atomic E-state index is -0.325. The molecule has 2 saturated heterocycles. The second-order valence-corrected chi connectivity index (χ2v) is 7.47. The fourth-order valence-electron chi connectivity index (χ4n) is 4.23. The van der Waals surface area contributed by atoms with Gasteiger partial charge in [-0.2, -0.15) is 0 Å². The lowest BCUT2D eigenvalue weighted by atomic mass is 9.93. The third-order valence-electron chi connectivity index (χ3n) is 5.59. The van der Waals surface area contributed by atoms with E-state index in [1.54, 1.807) is 12.1 Å².